The van der Waals surface area contributed by atoms with Gasteiger partial charge in [0.25, 0.3) is 0 Å². The average molecular weight is 491 g/mol. The highest BCUT2D eigenvalue weighted by atomic mass is 19.1. The number of amides is 1. The van der Waals surface area contributed by atoms with E-state index in [1.54, 1.807) is 29.2 Å². The number of ether oxygens (including phenoxy) is 1. The van der Waals surface area contributed by atoms with Gasteiger partial charge in [0.15, 0.2) is 0 Å². The number of rotatable bonds is 8. The van der Waals surface area contributed by atoms with Crippen LogP contribution in [0.25, 0.3) is 11.1 Å². The molecule has 0 aliphatic carbocycles. The molecule has 188 valence electrons. The van der Waals surface area contributed by atoms with E-state index >= 15 is 0 Å². The Morgan fingerprint density at radius 3 is 2.67 bits per heavy atom. The SMILES string of the molecule is CCOc1ccc(CC(=O)O)cc1-c1ccc(F)c2c1CN(C(=O)CC(C)c1cccc(C)n1)CC2. The molecule has 4 rings (SSSR count). The van der Waals surface area contributed by atoms with Crippen molar-refractivity contribution in [1.82, 2.24) is 9.88 Å². The van der Waals surface area contributed by atoms with Crippen molar-refractivity contribution in [1.29, 1.82) is 0 Å². The number of hydrogen-bond donors (Lipinski definition) is 1. The number of carbonyl (C=O) groups is 2. The Morgan fingerprint density at radius 2 is 1.94 bits per heavy atom. The lowest BCUT2D eigenvalue weighted by Gasteiger charge is -2.32. The van der Waals surface area contributed by atoms with Crippen LogP contribution in [0.15, 0.2) is 48.5 Å². The van der Waals surface area contributed by atoms with E-state index in [9.17, 15) is 19.1 Å². The Balaban J connectivity index is 1.65. The zero-order chi connectivity index (χ0) is 25.8. The van der Waals surface area contributed by atoms with Gasteiger partial charge in [-0.2, -0.15) is 0 Å². The van der Waals surface area contributed by atoms with Gasteiger partial charge in [0, 0.05) is 42.4 Å². The molecule has 1 aliphatic heterocycles. The average Bonchev–Trinajstić information content (AvgIpc) is 2.85. The third-order valence-electron chi connectivity index (χ3n) is 6.59. The Hall–Kier alpha value is -3.74. The molecule has 1 amide bonds. The molecule has 6 nitrogen and oxygen atoms in total. The quantitative estimate of drug-likeness (QED) is 0.464. The standard InChI is InChI=1S/C29H31FN2O4/c1-4-36-27-11-8-20(16-29(34)35)15-23(27)21-9-10-25(30)22-12-13-32(17-24(21)22)28(33)14-18(2)26-7-5-6-19(3)31-26/h5-11,15,18H,4,12-14,16-17H2,1-3H3,(H,34,35). The first-order valence-corrected chi connectivity index (χ1v) is 12.3. The number of nitrogens with zero attached hydrogens (tertiary/aromatic N) is 2. The van der Waals surface area contributed by atoms with Crippen LogP contribution in [0.3, 0.4) is 0 Å². The molecule has 0 spiro atoms. The molecule has 3 aromatic rings. The van der Waals surface area contributed by atoms with Crippen LogP contribution in [0, 0.1) is 12.7 Å². The van der Waals surface area contributed by atoms with Gasteiger partial charge < -0.3 is 14.7 Å². The molecule has 0 fully saturated rings. The minimum atomic E-state index is -0.930. The first-order valence-electron chi connectivity index (χ1n) is 12.3. The van der Waals surface area contributed by atoms with Gasteiger partial charge in [-0.05, 0) is 72.9 Å². The van der Waals surface area contributed by atoms with Gasteiger partial charge in [-0.15, -0.1) is 0 Å². The van der Waals surface area contributed by atoms with Gasteiger partial charge in [0.2, 0.25) is 5.91 Å². The van der Waals surface area contributed by atoms with Gasteiger partial charge in [-0.1, -0.05) is 25.1 Å². The van der Waals surface area contributed by atoms with Crippen molar-refractivity contribution in [2.75, 3.05) is 13.2 Å². The first kappa shape index (κ1) is 25.4. The number of pyridine rings is 1. The monoisotopic (exact) mass is 490 g/mol. The zero-order valence-electron chi connectivity index (χ0n) is 20.9. The summed E-state index contributed by atoms with van der Waals surface area (Å²) in [5, 5.41) is 9.27. The van der Waals surface area contributed by atoms with Crippen molar-refractivity contribution < 1.29 is 23.8 Å². The number of benzene rings is 2. The smallest absolute Gasteiger partial charge is 0.307 e. The van der Waals surface area contributed by atoms with Crippen molar-refractivity contribution in [2.24, 2.45) is 0 Å². The van der Waals surface area contributed by atoms with E-state index in [-0.39, 0.29) is 30.6 Å². The molecule has 2 heterocycles. The Labute approximate surface area is 210 Å². The minimum absolute atomic E-state index is 0.00340. The highest BCUT2D eigenvalue weighted by molar-refractivity contribution is 5.80. The Morgan fingerprint density at radius 1 is 1.14 bits per heavy atom. The molecule has 1 N–H and O–H groups in total. The topological polar surface area (TPSA) is 79.7 Å². The van der Waals surface area contributed by atoms with Crippen LogP contribution in [-0.4, -0.2) is 40.0 Å². The van der Waals surface area contributed by atoms with Crippen LogP contribution >= 0.6 is 0 Å². The van der Waals surface area contributed by atoms with Gasteiger partial charge in [0.05, 0.1) is 13.0 Å². The Kier molecular flexibility index (Phi) is 7.67. The fraction of sp³-hybridized carbons (Fsp3) is 0.345. The summed E-state index contributed by atoms with van der Waals surface area (Å²) in [4.78, 5) is 30.9. The molecule has 1 atom stereocenters. The van der Waals surface area contributed by atoms with Gasteiger partial charge in [-0.25, -0.2) is 4.39 Å². The Bertz CT molecular complexity index is 1290. The van der Waals surface area contributed by atoms with Crippen molar-refractivity contribution in [3.8, 4) is 16.9 Å². The predicted octanol–water partition coefficient (Wildman–Crippen LogP) is 5.30. The van der Waals surface area contributed by atoms with E-state index in [2.05, 4.69) is 4.98 Å². The maximum absolute atomic E-state index is 14.8. The summed E-state index contributed by atoms with van der Waals surface area (Å²) in [5.41, 5.74) is 5.22. The van der Waals surface area contributed by atoms with E-state index in [0.717, 1.165) is 22.5 Å². The molecule has 0 saturated heterocycles. The first-order chi connectivity index (χ1) is 17.3. The number of hydrogen-bond acceptors (Lipinski definition) is 4. The van der Waals surface area contributed by atoms with E-state index in [1.165, 1.54) is 6.07 Å². The minimum Gasteiger partial charge on any atom is -0.493 e. The summed E-state index contributed by atoms with van der Waals surface area (Å²) in [7, 11) is 0. The van der Waals surface area contributed by atoms with Crippen LogP contribution in [-0.2, 0) is 29.0 Å². The maximum atomic E-state index is 14.8. The number of carboxylic acids is 1. The number of aryl methyl sites for hydroxylation is 1. The molecule has 7 heteroatoms. The molecule has 1 unspecified atom stereocenters. The lowest BCUT2D eigenvalue weighted by molar-refractivity contribution is -0.136. The number of carbonyl (C=O) groups excluding carboxylic acids is 1. The summed E-state index contributed by atoms with van der Waals surface area (Å²) in [5.74, 6) is -0.666. The van der Waals surface area contributed by atoms with Crippen molar-refractivity contribution in [2.45, 2.75) is 52.5 Å². The summed E-state index contributed by atoms with van der Waals surface area (Å²) in [6.07, 6.45) is 0.601. The third kappa shape index (κ3) is 5.56. The second-order valence-corrected chi connectivity index (χ2v) is 9.26. The van der Waals surface area contributed by atoms with Gasteiger partial charge in [-0.3, -0.25) is 14.6 Å². The number of fused-ring (bicyclic) bond motifs is 1. The molecule has 2 aromatic carbocycles. The highest BCUT2D eigenvalue weighted by Gasteiger charge is 2.27. The van der Waals surface area contributed by atoms with Crippen LogP contribution in [0.2, 0.25) is 0 Å². The molecular weight excluding hydrogens is 459 g/mol. The summed E-state index contributed by atoms with van der Waals surface area (Å²) in [6.45, 7) is 6.95. The number of aromatic nitrogens is 1. The molecule has 0 saturated carbocycles. The lowest BCUT2D eigenvalue weighted by atomic mass is 9.89. The second-order valence-electron chi connectivity index (χ2n) is 9.26. The third-order valence-corrected chi connectivity index (χ3v) is 6.59. The zero-order valence-corrected chi connectivity index (χ0v) is 20.9. The second kappa shape index (κ2) is 10.9. The summed E-state index contributed by atoms with van der Waals surface area (Å²) >= 11 is 0. The molecular formula is C29H31FN2O4. The van der Waals surface area contributed by atoms with Crippen molar-refractivity contribution in [3.63, 3.8) is 0 Å². The number of halogens is 1. The normalized spacial score (nSPS) is 13.7. The molecule has 0 bridgehead atoms. The van der Waals surface area contributed by atoms with Gasteiger partial charge in [0.1, 0.15) is 11.6 Å². The predicted molar refractivity (Wildman–Crippen MR) is 135 cm³/mol. The molecule has 36 heavy (non-hydrogen) atoms. The maximum Gasteiger partial charge on any atom is 0.307 e. The van der Waals surface area contributed by atoms with E-state index < -0.39 is 5.97 Å². The molecule has 1 aliphatic rings. The van der Waals surface area contributed by atoms with E-state index in [4.69, 9.17) is 4.74 Å². The van der Waals surface area contributed by atoms with E-state index in [1.807, 2.05) is 39.0 Å². The fourth-order valence-electron chi connectivity index (χ4n) is 4.78. The highest BCUT2D eigenvalue weighted by Crippen LogP contribution is 2.38. The number of carboxylic acid groups (broad SMARTS) is 1. The molecule has 0 radical (unpaired) electrons. The van der Waals surface area contributed by atoms with Gasteiger partial charge >= 0.3 is 5.97 Å². The van der Waals surface area contributed by atoms with E-state index in [0.29, 0.717) is 48.4 Å². The number of aliphatic carboxylic acids is 1. The van der Waals surface area contributed by atoms with Crippen LogP contribution in [0.1, 0.15) is 54.3 Å². The van der Waals surface area contributed by atoms with Crippen molar-refractivity contribution in [3.05, 3.63) is 82.4 Å². The summed E-state index contributed by atoms with van der Waals surface area (Å²) in [6, 6.07) is 14.2. The molecule has 1 aromatic heterocycles. The van der Waals surface area contributed by atoms with Crippen molar-refractivity contribution >= 4 is 11.9 Å². The largest absolute Gasteiger partial charge is 0.493 e. The lowest BCUT2D eigenvalue weighted by Crippen LogP contribution is -2.37. The summed E-state index contributed by atoms with van der Waals surface area (Å²) < 4.78 is 20.7. The fourth-order valence-corrected chi connectivity index (χ4v) is 4.78. The van der Waals surface area contributed by atoms with Crippen LogP contribution in [0.5, 0.6) is 5.75 Å². The van der Waals surface area contributed by atoms with Crippen LogP contribution < -0.4 is 4.74 Å². The van der Waals surface area contributed by atoms with Crippen LogP contribution in [0.4, 0.5) is 4.39 Å².